The number of nitrogens with one attached hydrogen (secondary N) is 1. The van der Waals surface area contributed by atoms with E-state index < -0.39 is 0 Å². The van der Waals surface area contributed by atoms with E-state index in [1.54, 1.807) is 6.92 Å². The molecule has 8 aromatic carbocycles. The highest BCUT2D eigenvalue weighted by molar-refractivity contribution is 5.91. The highest BCUT2D eigenvalue weighted by atomic mass is 16.5. The first-order chi connectivity index (χ1) is 29.5. The molecule has 0 aliphatic rings. The summed E-state index contributed by atoms with van der Waals surface area (Å²) in [6.45, 7) is 4.16. The highest BCUT2D eigenvalue weighted by Crippen LogP contribution is 2.34. The minimum atomic E-state index is -0.309. The van der Waals surface area contributed by atoms with Gasteiger partial charge in [-0.1, -0.05) is 133 Å². The molecule has 8 heteroatoms. The molecule has 0 aromatic heterocycles. The molecule has 0 radical (unpaired) electrons. The topological polar surface area (TPSA) is 101 Å². The fourth-order valence-corrected chi connectivity index (χ4v) is 6.42. The van der Waals surface area contributed by atoms with Crippen LogP contribution in [0.3, 0.4) is 0 Å². The van der Waals surface area contributed by atoms with Crippen molar-refractivity contribution in [1.29, 1.82) is 0 Å². The van der Waals surface area contributed by atoms with Gasteiger partial charge in [0.15, 0.2) is 0 Å². The number of benzene rings is 8. The maximum atomic E-state index is 11.9. The SMILES string of the molecule is CCOC(=O)CNc1cc2ccc(OCc3ccccc3)cc2cc1OCc1ccccc1.Nc1cc2ccc(OCc3ccccc3)cc2cc1OCc1ccccc1. The molecule has 0 saturated carbocycles. The van der Waals surface area contributed by atoms with Crippen LogP contribution in [0.15, 0.2) is 182 Å². The molecule has 0 amide bonds. The Morgan fingerprint density at radius 1 is 0.467 bits per heavy atom. The van der Waals surface area contributed by atoms with Crippen molar-refractivity contribution in [2.45, 2.75) is 33.4 Å². The average Bonchev–Trinajstić information content (AvgIpc) is 3.29. The monoisotopic (exact) mass is 796 g/mol. The van der Waals surface area contributed by atoms with E-state index in [-0.39, 0.29) is 12.5 Å². The second-order valence-corrected chi connectivity index (χ2v) is 14.0. The van der Waals surface area contributed by atoms with Crippen LogP contribution in [-0.4, -0.2) is 19.1 Å². The maximum absolute atomic E-state index is 11.9. The van der Waals surface area contributed by atoms with Crippen LogP contribution in [-0.2, 0) is 36.0 Å². The first-order valence-electron chi connectivity index (χ1n) is 20.0. The van der Waals surface area contributed by atoms with Gasteiger partial charge in [-0.05, 0) is 99.3 Å². The summed E-state index contributed by atoms with van der Waals surface area (Å²) in [6.07, 6.45) is 0. The second kappa shape index (κ2) is 20.8. The molecule has 0 heterocycles. The summed E-state index contributed by atoms with van der Waals surface area (Å²) in [5, 5.41) is 7.26. The predicted octanol–water partition coefficient (Wildman–Crippen LogP) is 11.6. The minimum absolute atomic E-state index is 0.0688. The van der Waals surface area contributed by atoms with E-state index >= 15 is 0 Å². The van der Waals surface area contributed by atoms with Crippen LogP contribution < -0.4 is 30.0 Å². The Kier molecular flexibility index (Phi) is 14.1. The van der Waals surface area contributed by atoms with E-state index in [9.17, 15) is 4.79 Å². The van der Waals surface area contributed by atoms with E-state index in [1.807, 2.05) is 170 Å². The predicted molar refractivity (Wildman–Crippen MR) is 241 cm³/mol. The summed E-state index contributed by atoms with van der Waals surface area (Å²) >= 11 is 0. The van der Waals surface area contributed by atoms with Crippen molar-refractivity contribution in [2.75, 3.05) is 24.2 Å². The van der Waals surface area contributed by atoms with Gasteiger partial charge >= 0.3 is 5.97 Å². The molecule has 8 rings (SSSR count). The summed E-state index contributed by atoms with van der Waals surface area (Å²) in [4.78, 5) is 11.9. The number of nitrogens with two attached hydrogens (primary N) is 1. The Balaban J connectivity index is 0.000000185. The lowest BCUT2D eigenvalue weighted by Gasteiger charge is -2.15. The van der Waals surface area contributed by atoms with Crippen molar-refractivity contribution in [3.05, 3.63) is 204 Å². The largest absolute Gasteiger partial charge is 0.489 e. The molecule has 0 atom stereocenters. The Hall–Kier alpha value is -7.45. The number of carbonyl (C=O) groups is 1. The molecule has 302 valence electrons. The van der Waals surface area contributed by atoms with Gasteiger partial charge in [0.25, 0.3) is 0 Å². The molecule has 0 bridgehead atoms. The fraction of sp³-hybridized carbons (Fsp3) is 0.135. The van der Waals surface area contributed by atoms with Crippen LogP contribution in [0.25, 0.3) is 21.5 Å². The number of nitrogen functional groups attached to an aromatic ring is 1. The van der Waals surface area contributed by atoms with Crippen LogP contribution in [0, 0.1) is 0 Å². The Labute approximate surface area is 351 Å². The quantitative estimate of drug-likeness (QED) is 0.0736. The van der Waals surface area contributed by atoms with Crippen LogP contribution in [0.2, 0.25) is 0 Å². The number of carbonyl (C=O) groups excluding carboxylic acids is 1. The second-order valence-electron chi connectivity index (χ2n) is 14.0. The third kappa shape index (κ3) is 11.8. The molecule has 0 saturated heterocycles. The van der Waals surface area contributed by atoms with Crippen LogP contribution in [0.5, 0.6) is 23.0 Å². The number of ether oxygens (including phenoxy) is 5. The van der Waals surface area contributed by atoms with Crippen molar-refractivity contribution in [3.63, 3.8) is 0 Å². The molecule has 0 aliphatic heterocycles. The zero-order chi connectivity index (χ0) is 41.4. The number of fused-ring (bicyclic) bond motifs is 2. The van der Waals surface area contributed by atoms with Crippen molar-refractivity contribution in [1.82, 2.24) is 0 Å². The number of hydrogen-bond donors (Lipinski definition) is 2. The first-order valence-corrected chi connectivity index (χ1v) is 20.0. The summed E-state index contributed by atoms with van der Waals surface area (Å²) in [6, 6.07) is 60.1. The van der Waals surface area contributed by atoms with E-state index in [1.165, 1.54) is 0 Å². The van der Waals surface area contributed by atoms with Crippen LogP contribution in [0.1, 0.15) is 29.2 Å². The summed E-state index contributed by atoms with van der Waals surface area (Å²) in [7, 11) is 0. The van der Waals surface area contributed by atoms with Crippen molar-refractivity contribution in [2.24, 2.45) is 0 Å². The Morgan fingerprint density at radius 3 is 1.35 bits per heavy atom. The number of esters is 1. The molecule has 0 spiro atoms. The molecule has 8 nitrogen and oxygen atoms in total. The van der Waals surface area contributed by atoms with Crippen molar-refractivity contribution < 1.29 is 28.5 Å². The Morgan fingerprint density at radius 2 is 0.883 bits per heavy atom. The van der Waals surface area contributed by atoms with Crippen LogP contribution >= 0.6 is 0 Å². The molecule has 0 fully saturated rings. The number of rotatable bonds is 16. The lowest BCUT2D eigenvalue weighted by Crippen LogP contribution is -2.17. The molecule has 3 N–H and O–H groups in total. The smallest absolute Gasteiger partial charge is 0.325 e. The van der Waals surface area contributed by atoms with Gasteiger partial charge < -0.3 is 34.7 Å². The lowest BCUT2D eigenvalue weighted by molar-refractivity contribution is -0.140. The van der Waals surface area contributed by atoms with Gasteiger partial charge in [-0.15, -0.1) is 0 Å². The minimum Gasteiger partial charge on any atom is -0.489 e. The number of hydrogen-bond acceptors (Lipinski definition) is 8. The van der Waals surface area contributed by atoms with Gasteiger partial charge in [0, 0.05) is 0 Å². The van der Waals surface area contributed by atoms with Gasteiger partial charge in [-0.2, -0.15) is 0 Å². The fourth-order valence-electron chi connectivity index (χ4n) is 6.42. The van der Waals surface area contributed by atoms with E-state index in [0.717, 1.165) is 61.0 Å². The third-order valence-corrected chi connectivity index (χ3v) is 9.55. The third-order valence-electron chi connectivity index (χ3n) is 9.55. The van der Waals surface area contributed by atoms with E-state index in [4.69, 9.17) is 29.4 Å². The van der Waals surface area contributed by atoms with Crippen molar-refractivity contribution in [3.8, 4) is 23.0 Å². The van der Waals surface area contributed by atoms with Gasteiger partial charge in [-0.25, -0.2) is 0 Å². The summed E-state index contributed by atoms with van der Waals surface area (Å²) in [5.41, 5.74) is 12.0. The standard InChI is InChI=1S/C28H27NO4.C24H21NO2/c1-2-31-28(30)18-29-26-16-23-13-14-25(32-19-21-9-5-3-6-10-21)15-24(23)17-27(26)33-20-22-11-7-4-8-12-22;25-23-14-20-11-12-22(26-16-18-7-3-1-4-8-18)13-21(20)15-24(23)27-17-19-9-5-2-6-10-19/h3-17,29H,2,18-20H2,1H3;1-15H,16-17,25H2. The van der Waals surface area contributed by atoms with Gasteiger partial charge in [0.1, 0.15) is 56.0 Å². The van der Waals surface area contributed by atoms with Crippen LogP contribution in [0.4, 0.5) is 11.4 Å². The molecule has 0 unspecified atom stereocenters. The van der Waals surface area contributed by atoms with Gasteiger partial charge in [-0.3, -0.25) is 4.79 Å². The van der Waals surface area contributed by atoms with E-state index in [2.05, 4.69) is 17.4 Å². The van der Waals surface area contributed by atoms with Crippen molar-refractivity contribution >= 4 is 38.9 Å². The summed E-state index contributed by atoms with van der Waals surface area (Å²) < 4.78 is 29.0. The summed E-state index contributed by atoms with van der Waals surface area (Å²) in [5.74, 6) is 2.65. The normalized spacial score (nSPS) is 10.6. The van der Waals surface area contributed by atoms with E-state index in [0.29, 0.717) is 50.2 Å². The zero-order valence-corrected chi connectivity index (χ0v) is 33.6. The molecule has 60 heavy (non-hydrogen) atoms. The highest BCUT2D eigenvalue weighted by Gasteiger charge is 2.11. The average molecular weight is 797 g/mol. The number of anilines is 2. The molecule has 0 aliphatic carbocycles. The zero-order valence-electron chi connectivity index (χ0n) is 33.6. The molecule has 8 aromatic rings. The first kappa shape index (κ1) is 40.7. The van der Waals surface area contributed by atoms with Gasteiger partial charge in [0.05, 0.1) is 18.0 Å². The maximum Gasteiger partial charge on any atom is 0.325 e. The lowest BCUT2D eigenvalue weighted by atomic mass is 10.1. The molecular formula is C52H48N2O6. The molecular weight excluding hydrogens is 749 g/mol. The Bertz CT molecular complexity index is 2590. The van der Waals surface area contributed by atoms with Gasteiger partial charge in [0.2, 0.25) is 0 Å².